The molecular formula is C16H22N2O3. The van der Waals surface area contributed by atoms with Crippen LogP contribution in [0.2, 0.25) is 0 Å². The summed E-state index contributed by atoms with van der Waals surface area (Å²) in [5.41, 5.74) is 6.19. The summed E-state index contributed by atoms with van der Waals surface area (Å²) in [5, 5.41) is 8.78. The number of amides is 1. The van der Waals surface area contributed by atoms with Gasteiger partial charge in [0.1, 0.15) is 0 Å². The van der Waals surface area contributed by atoms with Crippen molar-refractivity contribution in [2.24, 2.45) is 11.1 Å². The summed E-state index contributed by atoms with van der Waals surface area (Å²) < 4.78 is 0. The number of carbonyl (C=O) groups is 2. The van der Waals surface area contributed by atoms with Crippen LogP contribution in [0.4, 0.5) is 5.69 Å². The molecular weight excluding hydrogens is 268 g/mol. The molecule has 0 spiro atoms. The maximum atomic E-state index is 12.9. The summed E-state index contributed by atoms with van der Waals surface area (Å²) in [6.45, 7) is 0.769. The Morgan fingerprint density at radius 1 is 1.24 bits per heavy atom. The molecule has 1 aromatic rings. The number of benzene rings is 1. The summed E-state index contributed by atoms with van der Waals surface area (Å²) in [5.74, 6) is -0.805. The molecule has 0 saturated heterocycles. The molecule has 5 heteroatoms. The van der Waals surface area contributed by atoms with E-state index in [4.69, 9.17) is 10.8 Å². The van der Waals surface area contributed by atoms with Crippen LogP contribution < -0.4 is 10.6 Å². The van der Waals surface area contributed by atoms with Crippen molar-refractivity contribution in [1.29, 1.82) is 0 Å². The second-order valence-corrected chi connectivity index (χ2v) is 5.63. The van der Waals surface area contributed by atoms with E-state index in [0.29, 0.717) is 19.5 Å². The van der Waals surface area contributed by atoms with Crippen LogP contribution in [0.1, 0.15) is 32.1 Å². The molecule has 0 aromatic heterocycles. The fourth-order valence-corrected chi connectivity index (χ4v) is 2.74. The lowest BCUT2D eigenvalue weighted by Crippen LogP contribution is -2.52. The summed E-state index contributed by atoms with van der Waals surface area (Å²) in [7, 11) is 0. The standard InChI is InChI=1S/C16H22N2O3/c17-12-16(9-5-10-16)15(21)18(11-4-8-14(19)20)13-6-2-1-3-7-13/h1-3,6-7H,4-5,8-12,17H2,(H,19,20). The van der Waals surface area contributed by atoms with Gasteiger partial charge in [0.2, 0.25) is 5.91 Å². The minimum absolute atomic E-state index is 0.0350. The van der Waals surface area contributed by atoms with Gasteiger partial charge in [-0.25, -0.2) is 0 Å². The average molecular weight is 290 g/mol. The maximum Gasteiger partial charge on any atom is 0.303 e. The first-order chi connectivity index (χ1) is 10.1. The van der Waals surface area contributed by atoms with Gasteiger partial charge >= 0.3 is 5.97 Å². The van der Waals surface area contributed by atoms with Crippen LogP contribution in [0.25, 0.3) is 0 Å². The molecule has 3 N–H and O–H groups in total. The highest BCUT2D eigenvalue weighted by Gasteiger charge is 2.45. The van der Waals surface area contributed by atoms with Crippen molar-refractivity contribution in [2.45, 2.75) is 32.1 Å². The van der Waals surface area contributed by atoms with Gasteiger partial charge in [-0.05, 0) is 31.4 Å². The van der Waals surface area contributed by atoms with Gasteiger partial charge in [-0.3, -0.25) is 9.59 Å². The van der Waals surface area contributed by atoms with Crippen LogP contribution in [-0.4, -0.2) is 30.1 Å². The van der Waals surface area contributed by atoms with Gasteiger partial charge in [0.15, 0.2) is 0 Å². The van der Waals surface area contributed by atoms with Crippen LogP contribution in [0, 0.1) is 5.41 Å². The molecule has 114 valence electrons. The molecule has 1 aliphatic carbocycles. The molecule has 0 radical (unpaired) electrons. The summed E-state index contributed by atoms with van der Waals surface area (Å²) in [4.78, 5) is 25.2. The van der Waals surface area contributed by atoms with E-state index in [9.17, 15) is 9.59 Å². The number of aliphatic carboxylic acids is 1. The zero-order valence-electron chi connectivity index (χ0n) is 12.1. The third-order valence-corrected chi connectivity index (χ3v) is 4.24. The summed E-state index contributed by atoms with van der Waals surface area (Å²) in [6.07, 6.45) is 3.18. The molecule has 1 aliphatic rings. The van der Waals surface area contributed by atoms with Crippen LogP contribution in [0.3, 0.4) is 0 Å². The van der Waals surface area contributed by atoms with Gasteiger partial charge in [-0.15, -0.1) is 0 Å². The average Bonchev–Trinajstić information content (AvgIpc) is 2.43. The Balaban J connectivity index is 2.15. The minimum Gasteiger partial charge on any atom is -0.481 e. The molecule has 5 nitrogen and oxygen atoms in total. The maximum absolute atomic E-state index is 12.9. The van der Waals surface area contributed by atoms with E-state index in [1.807, 2.05) is 30.3 Å². The first-order valence-corrected chi connectivity index (χ1v) is 7.38. The lowest BCUT2D eigenvalue weighted by molar-refractivity contribution is -0.137. The van der Waals surface area contributed by atoms with Gasteiger partial charge in [-0.2, -0.15) is 0 Å². The number of hydrogen-bond acceptors (Lipinski definition) is 3. The first-order valence-electron chi connectivity index (χ1n) is 7.38. The zero-order valence-corrected chi connectivity index (χ0v) is 12.1. The molecule has 0 atom stereocenters. The largest absolute Gasteiger partial charge is 0.481 e. The highest BCUT2D eigenvalue weighted by molar-refractivity contribution is 5.98. The Hall–Kier alpha value is -1.88. The number of para-hydroxylation sites is 1. The lowest BCUT2D eigenvalue weighted by atomic mass is 9.67. The van der Waals surface area contributed by atoms with Gasteiger partial charge < -0.3 is 15.7 Å². The van der Waals surface area contributed by atoms with E-state index in [1.54, 1.807) is 4.90 Å². The fourth-order valence-electron chi connectivity index (χ4n) is 2.74. The molecule has 0 unspecified atom stereocenters. The summed E-state index contributed by atoms with van der Waals surface area (Å²) >= 11 is 0. The van der Waals surface area contributed by atoms with E-state index in [-0.39, 0.29) is 12.3 Å². The van der Waals surface area contributed by atoms with Gasteiger partial charge in [0.05, 0.1) is 5.41 Å². The molecule has 21 heavy (non-hydrogen) atoms. The summed E-state index contributed by atoms with van der Waals surface area (Å²) in [6, 6.07) is 9.40. The lowest BCUT2D eigenvalue weighted by Gasteiger charge is -2.42. The number of nitrogens with two attached hydrogens (primary N) is 1. The van der Waals surface area contributed by atoms with Crippen molar-refractivity contribution in [3.05, 3.63) is 30.3 Å². The Labute approximate surface area is 124 Å². The predicted molar refractivity (Wildman–Crippen MR) is 81.0 cm³/mol. The number of carbonyl (C=O) groups excluding carboxylic acids is 1. The molecule has 0 heterocycles. The number of hydrogen-bond donors (Lipinski definition) is 2. The van der Waals surface area contributed by atoms with Crippen molar-refractivity contribution in [3.63, 3.8) is 0 Å². The van der Waals surface area contributed by atoms with E-state index in [1.165, 1.54) is 0 Å². The predicted octanol–water partition coefficient (Wildman–Crippen LogP) is 2.01. The van der Waals surface area contributed by atoms with Crippen molar-refractivity contribution in [2.75, 3.05) is 18.0 Å². The minimum atomic E-state index is -0.840. The molecule has 1 fully saturated rings. The normalized spacial score (nSPS) is 16.0. The van der Waals surface area contributed by atoms with Crippen LogP contribution in [0.15, 0.2) is 30.3 Å². The number of rotatable bonds is 7. The topological polar surface area (TPSA) is 83.6 Å². The fraction of sp³-hybridized carbons (Fsp3) is 0.500. The highest BCUT2D eigenvalue weighted by Crippen LogP contribution is 2.42. The molecule has 0 aliphatic heterocycles. The number of carboxylic acids is 1. The SMILES string of the molecule is NCC1(C(=O)N(CCCC(=O)O)c2ccccc2)CCC1. The Morgan fingerprint density at radius 3 is 2.38 bits per heavy atom. The van der Waals surface area contributed by atoms with Gasteiger partial charge in [0, 0.05) is 25.2 Å². The quantitative estimate of drug-likeness (QED) is 0.804. The third kappa shape index (κ3) is 3.42. The smallest absolute Gasteiger partial charge is 0.303 e. The van der Waals surface area contributed by atoms with E-state index in [0.717, 1.165) is 24.9 Å². The van der Waals surface area contributed by atoms with E-state index < -0.39 is 11.4 Å². The first kappa shape index (κ1) is 15.5. The van der Waals surface area contributed by atoms with Crippen molar-refractivity contribution in [1.82, 2.24) is 0 Å². The number of nitrogens with zero attached hydrogens (tertiary/aromatic N) is 1. The Bertz CT molecular complexity index is 492. The van der Waals surface area contributed by atoms with Crippen LogP contribution in [-0.2, 0) is 9.59 Å². The van der Waals surface area contributed by atoms with Crippen LogP contribution >= 0.6 is 0 Å². The molecule has 0 bridgehead atoms. The monoisotopic (exact) mass is 290 g/mol. The Kier molecular flexibility index (Phi) is 4.96. The second kappa shape index (κ2) is 6.72. The molecule has 1 saturated carbocycles. The second-order valence-electron chi connectivity index (χ2n) is 5.63. The van der Waals surface area contributed by atoms with Crippen molar-refractivity contribution in [3.8, 4) is 0 Å². The van der Waals surface area contributed by atoms with Gasteiger partial charge in [0.25, 0.3) is 0 Å². The number of carboxylic acid groups (broad SMARTS) is 1. The highest BCUT2D eigenvalue weighted by atomic mass is 16.4. The molecule has 1 aromatic carbocycles. The Morgan fingerprint density at radius 2 is 1.90 bits per heavy atom. The van der Waals surface area contributed by atoms with Crippen LogP contribution in [0.5, 0.6) is 0 Å². The molecule has 2 rings (SSSR count). The zero-order chi connectivity index (χ0) is 15.3. The third-order valence-electron chi connectivity index (χ3n) is 4.24. The van der Waals surface area contributed by atoms with E-state index in [2.05, 4.69) is 0 Å². The van der Waals surface area contributed by atoms with E-state index >= 15 is 0 Å². The van der Waals surface area contributed by atoms with Crippen molar-refractivity contribution < 1.29 is 14.7 Å². The molecule has 1 amide bonds. The number of anilines is 1. The van der Waals surface area contributed by atoms with Crippen molar-refractivity contribution >= 4 is 17.6 Å². The van der Waals surface area contributed by atoms with Gasteiger partial charge in [-0.1, -0.05) is 24.6 Å².